The standard InChI is InChI=1S/C18H21N3O3/c1-12(2)19-18(23)21-15-8-6-14(7-9-15)20-17(22)13-4-10-16(24-3)11-5-13/h4-12H,1-3H3,(H,20,22)(H2,19,21,23). The smallest absolute Gasteiger partial charge is 0.319 e. The molecule has 2 aromatic carbocycles. The fraction of sp³-hybridized carbons (Fsp3) is 0.222. The second kappa shape index (κ2) is 8.01. The predicted octanol–water partition coefficient (Wildman–Crippen LogP) is 3.48. The molecule has 0 aliphatic carbocycles. The summed E-state index contributed by atoms with van der Waals surface area (Å²) in [6, 6.07) is 13.6. The lowest BCUT2D eigenvalue weighted by molar-refractivity contribution is 0.102. The van der Waals surface area contributed by atoms with E-state index in [-0.39, 0.29) is 18.0 Å². The van der Waals surface area contributed by atoms with Gasteiger partial charge < -0.3 is 20.7 Å². The summed E-state index contributed by atoms with van der Waals surface area (Å²) in [6.45, 7) is 3.77. The molecule has 6 nitrogen and oxygen atoms in total. The Hall–Kier alpha value is -3.02. The van der Waals surface area contributed by atoms with E-state index in [1.54, 1.807) is 55.6 Å². The van der Waals surface area contributed by atoms with Gasteiger partial charge in [-0.05, 0) is 62.4 Å². The summed E-state index contributed by atoms with van der Waals surface area (Å²) >= 11 is 0. The highest BCUT2D eigenvalue weighted by Gasteiger charge is 2.07. The van der Waals surface area contributed by atoms with Crippen molar-refractivity contribution in [1.29, 1.82) is 0 Å². The lowest BCUT2D eigenvalue weighted by Gasteiger charge is -2.11. The number of anilines is 2. The van der Waals surface area contributed by atoms with Crippen LogP contribution in [-0.2, 0) is 0 Å². The molecule has 6 heteroatoms. The van der Waals surface area contributed by atoms with E-state index < -0.39 is 0 Å². The highest BCUT2D eigenvalue weighted by Crippen LogP contribution is 2.16. The molecule has 0 aliphatic rings. The number of carbonyl (C=O) groups is 2. The van der Waals surface area contributed by atoms with Gasteiger partial charge in [-0.3, -0.25) is 4.79 Å². The topological polar surface area (TPSA) is 79.5 Å². The van der Waals surface area contributed by atoms with Crippen LogP contribution in [0.25, 0.3) is 0 Å². The van der Waals surface area contributed by atoms with E-state index in [0.29, 0.717) is 22.7 Å². The summed E-state index contributed by atoms with van der Waals surface area (Å²) in [5.41, 5.74) is 1.83. The SMILES string of the molecule is COc1ccc(C(=O)Nc2ccc(NC(=O)NC(C)C)cc2)cc1. The third kappa shape index (κ3) is 5.01. The Morgan fingerprint density at radius 3 is 1.92 bits per heavy atom. The molecule has 24 heavy (non-hydrogen) atoms. The number of nitrogens with one attached hydrogen (secondary N) is 3. The molecule has 126 valence electrons. The van der Waals surface area contributed by atoms with Crippen LogP contribution in [0.1, 0.15) is 24.2 Å². The molecule has 0 spiro atoms. The number of benzene rings is 2. The van der Waals surface area contributed by atoms with E-state index in [4.69, 9.17) is 4.74 Å². The molecular weight excluding hydrogens is 306 g/mol. The summed E-state index contributed by atoms with van der Waals surface area (Å²) in [5.74, 6) is 0.484. The second-order valence-corrected chi connectivity index (χ2v) is 5.51. The fourth-order valence-corrected chi connectivity index (χ4v) is 2.01. The zero-order valence-corrected chi connectivity index (χ0v) is 13.9. The lowest BCUT2D eigenvalue weighted by atomic mass is 10.2. The number of amides is 3. The van der Waals surface area contributed by atoms with Crippen molar-refractivity contribution >= 4 is 23.3 Å². The maximum atomic E-state index is 12.2. The molecule has 3 N–H and O–H groups in total. The first-order valence-electron chi connectivity index (χ1n) is 7.61. The molecule has 0 aromatic heterocycles. The van der Waals surface area contributed by atoms with Gasteiger partial charge in [0.25, 0.3) is 5.91 Å². The summed E-state index contributed by atoms with van der Waals surface area (Å²) in [7, 11) is 1.58. The molecule has 0 saturated heterocycles. The van der Waals surface area contributed by atoms with E-state index in [1.807, 2.05) is 13.8 Å². The molecule has 0 heterocycles. The van der Waals surface area contributed by atoms with Gasteiger partial charge in [0.1, 0.15) is 5.75 Å². The second-order valence-electron chi connectivity index (χ2n) is 5.51. The summed E-state index contributed by atoms with van der Waals surface area (Å²) in [4.78, 5) is 23.8. The molecule has 0 bridgehead atoms. The molecule has 0 radical (unpaired) electrons. The van der Waals surface area contributed by atoms with Gasteiger partial charge in [0.2, 0.25) is 0 Å². The number of hydrogen-bond donors (Lipinski definition) is 3. The average Bonchev–Trinajstić information content (AvgIpc) is 2.56. The van der Waals surface area contributed by atoms with Crippen LogP contribution in [-0.4, -0.2) is 25.1 Å². The fourth-order valence-electron chi connectivity index (χ4n) is 2.01. The zero-order valence-electron chi connectivity index (χ0n) is 13.9. The van der Waals surface area contributed by atoms with Gasteiger partial charge >= 0.3 is 6.03 Å². The molecule has 0 unspecified atom stereocenters. The van der Waals surface area contributed by atoms with Crippen LogP contribution in [0.3, 0.4) is 0 Å². The summed E-state index contributed by atoms with van der Waals surface area (Å²) in [6.07, 6.45) is 0. The Morgan fingerprint density at radius 1 is 0.875 bits per heavy atom. The average molecular weight is 327 g/mol. The minimum atomic E-state index is -0.264. The number of methoxy groups -OCH3 is 1. The zero-order chi connectivity index (χ0) is 17.5. The Bertz CT molecular complexity index is 694. The molecule has 0 atom stereocenters. The molecule has 0 fully saturated rings. The Balaban J connectivity index is 1.95. The normalized spacial score (nSPS) is 10.2. The van der Waals surface area contributed by atoms with Crippen LogP contribution >= 0.6 is 0 Å². The van der Waals surface area contributed by atoms with Crippen LogP contribution in [0.15, 0.2) is 48.5 Å². The van der Waals surface area contributed by atoms with E-state index in [2.05, 4.69) is 16.0 Å². The highest BCUT2D eigenvalue weighted by molar-refractivity contribution is 6.04. The maximum absolute atomic E-state index is 12.2. The van der Waals surface area contributed by atoms with Crippen molar-refractivity contribution in [2.24, 2.45) is 0 Å². The molecule has 3 amide bonds. The Morgan fingerprint density at radius 2 is 1.42 bits per heavy atom. The number of urea groups is 1. The van der Waals surface area contributed by atoms with Gasteiger partial charge in [0.05, 0.1) is 7.11 Å². The van der Waals surface area contributed by atoms with E-state index >= 15 is 0 Å². The Kier molecular flexibility index (Phi) is 5.78. The van der Waals surface area contributed by atoms with Crippen molar-refractivity contribution in [3.63, 3.8) is 0 Å². The molecule has 0 saturated carbocycles. The number of hydrogen-bond acceptors (Lipinski definition) is 3. The van der Waals surface area contributed by atoms with Crippen molar-refractivity contribution in [2.75, 3.05) is 17.7 Å². The summed E-state index contributed by atoms with van der Waals surface area (Å²) in [5, 5.41) is 8.26. The minimum absolute atomic E-state index is 0.0630. The lowest BCUT2D eigenvalue weighted by Crippen LogP contribution is -2.34. The summed E-state index contributed by atoms with van der Waals surface area (Å²) < 4.78 is 5.06. The first-order valence-corrected chi connectivity index (χ1v) is 7.61. The highest BCUT2D eigenvalue weighted by atomic mass is 16.5. The van der Waals surface area contributed by atoms with Gasteiger partial charge in [-0.15, -0.1) is 0 Å². The number of ether oxygens (including phenoxy) is 1. The predicted molar refractivity (Wildman–Crippen MR) is 94.7 cm³/mol. The van der Waals surface area contributed by atoms with Crippen molar-refractivity contribution in [3.8, 4) is 5.75 Å². The third-order valence-corrected chi connectivity index (χ3v) is 3.17. The van der Waals surface area contributed by atoms with Crippen LogP contribution < -0.4 is 20.7 Å². The first-order chi connectivity index (χ1) is 11.5. The van der Waals surface area contributed by atoms with E-state index in [1.165, 1.54) is 0 Å². The van der Waals surface area contributed by atoms with Gasteiger partial charge in [-0.1, -0.05) is 0 Å². The van der Waals surface area contributed by atoms with E-state index in [9.17, 15) is 9.59 Å². The molecule has 0 aliphatic heterocycles. The Labute approximate surface area is 141 Å². The van der Waals surface area contributed by atoms with Crippen LogP contribution in [0, 0.1) is 0 Å². The van der Waals surface area contributed by atoms with Crippen molar-refractivity contribution in [3.05, 3.63) is 54.1 Å². The number of rotatable bonds is 5. The van der Waals surface area contributed by atoms with Crippen molar-refractivity contribution in [1.82, 2.24) is 5.32 Å². The van der Waals surface area contributed by atoms with E-state index in [0.717, 1.165) is 0 Å². The van der Waals surface area contributed by atoms with Gasteiger partial charge in [0.15, 0.2) is 0 Å². The third-order valence-electron chi connectivity index (χ3n) is 3.17. The monoisotopic (exact) mass is 327 g/mol. The van der Waals surface area contributed by atoms with Gasteiger partial charge in [-0.2, -0.15) is 0 Å². The first kappa shape index (κ1) is 17.3. The van der Waals surface area contributed by atoms with Crippen LogP contribution in [0.4, 0.5) is 16.2 Å². The van der Waals surface area contributed by atoms with Gasteiger partial charge in [0, 0.05) is 23.0 Å². The van der Waals surface area contributed by atoms with Crippen molar-refractivity contribution in [2.45, 2.75) is 19.9 Å². The van der Waals surface area contributed by atoms with Crippen LogP contribution in [0.5, 0.6) is 5.75 Å². The largest absolute Gasteiger partial charge is 0.497 e. The van der Waals surface area contributed by atoms with Crippen molar-refractivity contribution < 1.29 is 14.3 Å². The van der Waals surface area contributed by atoms with Crippen LogP contribution in [0.2, 0.25) is 0 Å². The maximum Gasteiger partial charge on any atom is 0.319 e. The quantitative estimate of drug-likeness (QED) is 0.786. The van der Waals surface area contributed by atoms with Gasteiger partial charge in [-0.25, -0.2) is 4.79 Å². The molecule has 2 aromatic rings. The molecular formula is C18H21N3O3. The molecule has 2 rings (SSSR count). The minimum Gasteiger partial charge on any atom is -0.497 e. The number of carbonyl (C=O) groups excluding carboxylic acids is 2.